The molecule has 0 atom stereocenters. The number of hydrogen-bond donors (Lipinski definition) is 1. The molecule has 0 saturated carbocycles. The summed E-state index contributed by atoms with van der Waals surface area (Å²) in [7, 11) is 1.76. The molecule has 0 heterocycles. The van der Waals surface area contributed by atoms with E-state index in [0.29, 0.717) is 17.0 Å². The Morgan fingerprint density at radius 3 is 2.55 bits per heavy atom. The normalized spacial score (nSPS) is 10.6. The number of amides is 1. The maximum atomic E-state index is 11.9. The van der Waals surface area contributed by atoms with Crippen LogP contribution in [0, 0.1) is 5.92 Å². The highest BCUT2D eigenvalue weighted by molar-refractivity contribution is 5.98. The number of nitrogens with zero attached hydrogens (tertiary/aromatic N) is 1. The quantitative estimate of drug-likeness (QED) is 0.592. The number of anilines is 1. The van der Waals surface area contributed by atoms with E-state index in [1.165, 1.54) is 0 Å². The fourth-order valence-corrected chi connectivity index (χ4v) is 1.94. The van der Waals surface area contributed by atoms with E-state index in [1.54, 1.807) is 30.1 Å². The molecule has 0 aliphatic rings. The summed E-state index contributed by atoms with van der Waals surface area (Å²) < 4.78 is 5.47. The van der Waals surface area contributed by atoms with Crippen LogP contribution >= 0.6 is 0 Å². The Kier molecular flexibility index (Phi) is 6.89. The zero-order valence-electron chi connectivity index (χ0n) is 13.9. The molecule has 0 aliphatic heterocycles. The predicted octanol–water partition coefficient (Wildman–Crippen LogP) is 2.74. The van der Waals surface area contributed by atoms with Crippen molar-refractivity contribution >= 4 is 17.4 Å². The van der Waals surface area contributed by atoms with Gasteiger partial charge >= 0.3 is 0 Å². The SMILES string of the molecule is CCCCN(C)C(=O)COc1ccc(C(=O)C(C)C)cc1N. The van der Waals surface area contributed by atoms with Crippen molar-refractivity contribution in [2.45, 2.75) is 33.6 Å². The third-order valence-electron chi connectivity index (χ3n) is 3.44. The lowest BCUT2D eigenvalue weighted by atomic mass is 10.0. The number of Topliss-reactive ketones (excluding diaryl/α,β-unsaturated/α-hetero) is 1. The minimum Gasteiger partial charge on any atom is -0.482 e. The molecule has 0 saturated heterocycles. The summed E-state index contributed by atoms with van der Waals surface area (Å²) >= 11 is 0. The molecule has 22 heavy (non-hydrogen) atoms. The second-order valence-electron chi connectivity index (χ2n) is 5.73. The van der Waals surface area contributed by atoms with Crippen molar-refractivity contribution in [1.82, 2.24) is 4.90 Å². The number of likely N-dealkylation sites (N-methyl/N-ethyl adjacent to an activating group) is 1. The van der Waals surface area contributed by atoms with Gasteiger partial charge in [0.15, 0.2) is 12.4 Å². The van der Waals surface area contributed by atoms with Gasteiger partial charge in [-0.05, 0) is 24.6 Å². The molecule has 0 aromatic heterocycles. The van der Waals surface area contributed by atoms with E-state index in [2.05, 4.69) is 6.92 Å². The van der Waals surface area contributed by atoms with Crippen molar-refractivity contribution in [3.05, 3.63) is 23.8 Å². The molecule has 0 unspecified atom stereocenters. The van der Waals surface area contributed by atoms with Crippen LogP contribution in [0.1, 0.15) is 44.0 Å². The first-order valence-electron chi connectivity index (χ1n) is 7.67. The first-order chi connectivity index (χ1) is 10.4. The van der Waals surface area contributed by atoms with Crippen LogP contribution < -0.4 is 10.5 Å². The van der Waals surface area contributed by atoms with E-state index in [9.17, 15) is 9.59 Å². The van der Waals surface area contributed by atoms with Gasteiger partial charge < -0.3 is 15.4 Å². The highest BCUT2D eigenvalue weighted by Gasteiger charge is 2.14. The molecule has 0 spiro atoms. The molecule has 122 valence electrons. The summed E-state index contributed by atoms with van der Waals surface area (Å²) in [5, 5.41) is 0. The number of nitrogens with two attached hydrogens (primary N) is 1. The molecular formula is C17H26N2O3. The zero-order valence-corrected chi connectivity index (χ0v) is 13.9. The number of ether oxygens (including phenoxy) is 1. The second-order valence-corrected chi connectivity index (χ2v) is 5.73. The number of unbranched alkanes of at least 4 members (excludes halogenated alkanes) is 1. The molecule has 5 heteroatoms. The van der Waals surface area contributed by atoms with Crippen molar-refractivity contribution in [2.75, 3.05) is 25.9 Å². The first kappa shape index (κ1) is 18.0. The van der Waals surface area contributed by atoms with Crippen molar-refractivity contribution in [2.24, 2.45) is 5.92 Å². The molecule has 2 N–H and O–H groups in total. The average Bonchev–Trinajstić information content (AvgIpc) is 2.49. The Balaban J connectivity index is 2.64. The van der Waals surface area contributed by atoms with Gasteiger partial charge in [0, 0.05) is 25.1 Å². The van der Waals surface area contributed by atoms with E-state index < -0.39 is 0 Å². The van der Waals surface area contributed by atoms with Gasteiger partial charge in [-0.15, -0.1) is 0 Å². The Hall–Kier alpha value is -2.04. The van der Waals surface area contributed by atoms with Gasteiger partial charge in [0.1, 0.15) is 5.75 Å². The van der Waals surface area contributed by atoms with Crippen LogP contribution in [0.3, 0.4) is 0 Å². The van der Waals surface area contributed by atoms with Gasteiger partial charge in [-0.25, -0.2) is 0 Å². The minimum absolute atomic E-state index is 0.0358. The van der Waals surface area contributed by atoms with Gasteiger partial charge in [-0.2, -0.15) is 0 Å². The largest absolute Gasteiger partial charge is 0.482 e. The molecule has 1 rings (SSSR count). The standard InChI is InChI=1S/C17H26N2O3/c1-5-6-9-19(4)16(20)11-22-15-8-7-13(10-14(15)18)17(21)12(2)3/h7-8,10,12H,5-6,9,11,18H2,1-4H3. The number of rotatable bonds is 8. The van der Waals surface area contributed by atoms with Gasteiger partial charge in [-0.1, -0.05) is 27.2 Å². The van der Waals surface area contributed by atoms with E-state index in [1.807, 2.05) is 13.8 Å². The Bertz CT molecular complexity index is 527. The van der Waals surface area contributed by atoms with Crippen LogP contribution in [-0.2, 0) is 4.79 Å². The summed E-state index contributed by atoms with van der Waals surface area (Å²) in [6.45, 7) is 6.43. The molecule has 0 bridgehead atoms. The molecule has 0 radical (unpaired) electrons. The highest BCUT2D eigenvalue weighted by Crippen LogP contribution is 2.24. The second kappa shape index (κ2) is 8.41. The van der Waals surface area contributed by atoms with Gasteiger partial charge in [0.25, 0.3) is 5.91 Å². The summed E-state index contributed by atoms with van der Waals surface area (Å²) in [5.74, 6) is 0.293. The molecule has 1 amide bonds. The third-order valence-corrected chi connectivity index (χ3v) is 3.44. The summed E-state index contributed by atoms with van der Waals surface area (Å²) in [5.41, 5.74) is 6.83. The average molecular weight is 306 g/mol. The molecule has 0 aliphatic carbocycles. The molecule has 1 aromatic carbocycles. The monoisotopic (exact) mass is 306 g/mol. The lowest BCUT2D eigenvalue weighted by molar-refractivity contribution is -0.132. The molecule has 0 fully saturated rings. The number of hydrogen-bond acceptors (Lipinski definition) is 4. The van der Waals surface area contributed by atoms with Crippen molar-refractivity contribution in [1.29, 1.82) is 0 Å². The minimum atomic E-state index is -0.0878. The number of nitrogen functional groups attached to an aromatic ring is 1. The molecule has 5 nitrogen and oxygen atoms in total. The van der Waals surface area contributed by atoms with Crippen LogP contribution in [0.5, 0.6) is 5.75 Å². The van der Waals surface area contributed by atoms with E-state index in [-0.39, 0.29) is 24.2 Å². The van der Waals surface area contributed by atoms with Crippen LogP contribution in [0.25, 0.3) is 0 Å². The van der Waals surface area contributed by atoms with Crippen molar-refractivity contribution in [3.63, 3.8) is 0 Å². The Labute approximate surface area is 132 Å². The summed E-state index contributed by atoms with van der Waals surface area (Å²) in [6.07, 6.45) is 2.01. The van der Waals surface area contributed by atoms with Crippen molar-refractivity contribution < 1.29 is 14.3 Å². The maximum Gasteiger partial charge on any atom is 0.260 e. The number of benzene rings is 1. The summed E-state index contributed by atoms with van der Waals surface area (Å²) in [4.78, 5) is 25.5. The van der Waals surface area contributed by atoms with Crippen LogP contribution in [-0.4, -0.2) is 36.8 Å². The lowest BCUT2D eigenvalue weighted by Gasteiger charge is -2.17. The van der Waals surface area contributed by atoms with Gasteiger partial charge in [0.05, 0.1) is 5.69 Å². The fraction of sp³-hybridized carbons (Fsp3) is 0.529. The number of carbonyl (C=O) groups excluding carboxylic acids is 2. The van der Waals surface area contributed by atoms with Crippen molar-refractivity contribution in [3.8, 4) is 5.75 Å². The van der Waals surface area contributed by atoms with E-state index in [4.69, 9.17) is 10.5 Å². The Morgan fingerprint density at radius 2 is 2.00 bits per heavy atom. The van der Waals surface area contributed by atoms with Gasteiger partial charge in [-0.3, -0.25) is 9.59 Å². The van der Waals surface area contributed by atoms with E-state index >= 15 is 0 Å². The third kappa shape index (κ3) is 5.06. The smallest absolute Gasteiger partial charge is 0.260 e. The van der Waals surface area contributed by atoms with Gasteiger partial charge in [0.2, 0.25) is 0 Å². The lowest BCUT2D eigenvalue weighted by Crippen LogP contribution is -2.32. The Morgan fingerprint density at radius 1 is 1.32 bits per heavy atom. The van der Waals surface area contributed by atoms with E-state index in [0.717, 1.165) is 19.4 Å². The summed E-state index contributed by atoms with van der Waals surface area (Å²) in [6, 6.07) is 4.92. The number of carbonyl (C=O) groups is 2. The predicted molar refractivity (Wildman–Crippen MR) is 88.1 cm³/mol. The van der Waals surface area contributed by atoms with Crippen LogP contribution in [0.15, 0.2) is 18.2 Å². The van der Waals surface area contributed by atoms with Crippen LogP contribution in [0.4, 0.5) is 5.69 Å². The van der Waals surface area contributed by atoms with Crippen LogP contribution in [0.2, 0.25) is 0 Å². The maximum absolute atomic E-state index is 11.9. The number of ketones is 1. The first-order valence-corrected chi connectivity index (χ1v) is 7.67. The fourth-order valence-electron chi connectivity index (χ4n) is 1.94. The highest BCUT2D eigenvalue weighted by atomic mass is 16.5. The topological polar surface area (TPSA) is 72.6 Å². The molecule has 1 aromatic rings. The molecular weight excluding hydrogens is 280 g/mol. The zero-order chi connectivity index (χ0) is 16.7.